The molecule has 1 aromatic heterocycles. The van der Waals surface area contributed by atoms with Gasteiger partial charge in [0, 0.05) is 10.5 Å². The molecule has 0 fully saturated rings. The zero-order chi connectivity index (χ0) is 11.5. The van der Waals surface area contributed by atoms with Gasteiger partial charge in [0.1, 0.15) is 18.2 Å². The Labute approximate surface area is 110 Å². The molecule has 2 rings (SSSR count). The lowest BCUT2D eigenvalue weighted by atomic mass is 10.3. The Hall–Kier alpha value is -0.580. The van der Waals surface area contributed by atoms with E-state index in [1.165, 1.54) is 12.1 Å². The van der Waals surface area contributed by atoms with Crippen molar-refractivity contribution < 1.29 is 9.13 Å². The van der Waals surface area contributed by atoms with Gasteiger partial charge in [0.25, 0.3) is 0 Å². The minimum Gasteiger partial charge on any atom is -0.488 e. The molecule has 0 saturated heterocycles. The molecule has 0 aliphatic carbocycles. The standard InChI is InChI=1S/C11H7BrClFOS/c12-8-3-4-16-11(8)6-15-7-1-2-9(13)10(14)5-7/h1-5H,6H2. The predicted octanol–water partition coefficient (Wildman–Crippen LogP) is 4.88. The molecule has 1 nitrogen and oxygen atoms in total. The average Bonchev–Trinajstić information content (AvgIpc) is 2.66. The molecule has 2 aromatic rings. The third-order valence-electron chi connectivity index (χ3n) is 1.95. The smallest absolute Gasteiger partial charge is 0.145 e. The summed E-state index contributed by atoms with van der Waals surface area (Å²) in [5, 5.41) is 2.07. The summed E-state index contributed by atoms with van der Waals surface area (Å²) in [5.74, 6) is 0.00612. The molecular weight excluding hydrogens is 315 g/mol. The van der Waals surface area contributed by atoms with Gasteiger partial charge in [-0.2, -0.15) is 0 Å². The summed E-state index contributed by atoms with van der Waals surface area (Å²) in [5.41, 5.74) is 0. The second-order valence-corrected chi connectivity index (χ2v) is 5.32. The van der Waals surface area contributed by atoms with Crippen LogP contribution in [0, 0.1) is 5.82 Å². The summed E-state index contributed by atoms with van der Waals surface area (Å²) in [6, 6.07) is 6.36. The molecule has 0 aliphatic heterocycles. The highest BCUT2D eigenvalue weighted by Gasteiger charge is 2.04. The van der Waals surface area contributed by atoms with Crippen molar-refractivity contribution in [2.75, 3.05) is 0 Å². The summed E-state index contributed by atoms with van der Waals surface area (Å²) in [6.45, 7) is 0.416. The number of ether oxygens (including phenoxy) is 1. The molecule has 1 aromatic carbocycles. The van der Waals surface area contributed by atoms with Gasteiger partial charge in [0.15, 0.2) is 0 Å². The van der Waals surface area contributed by atoms with Gasteiger partial charge in [-0.3, -0.25) is 0 Å². The second kappa shape index (κ2) is 5.17. The fourth-order valence-electron chi connectivity index (χ4n) is 1.14. The van der Waals surface area contributed by atoms with E-state index in [-0.39, 0.29) is 5.02 Å². The first-order valence-electron chi connectivity index (χ1n) is 4.46. The summed E-state index contributed by atoms with van der Waals surface area (Å²) >= 11 is 10.6. The molecular formula is C11H7BrClFOS. The van der Waals surface area contributed by atoms with Crippen LogP contribution < -0.4 is 4.74 Å². The topological polar surface area (TPSA) is 9.23 Å². The molecule has 0 bridgehead atoms. The Bertz CT molecular complexity index is 500. The number of hydrogen-bond acceptors (Lipinski definition) is 2. The number of thiophene rings is 1. The zero-order valence-electron chi connectivity index (χ0n) is 8.04. The highest BCUT2D eigenvalue weighted by molar-refractivity contribution is 9.10. The van der Waals surface area contributed by atoms with Crippen LogP contribution in [0.4, 0.5) is 4.39 Å². The van der Waals surface area contributed by atoms with Crippen LogP contribution in [0.5, 0.6) is 5.75 Å². The van der Waals surface area contributed by atoms with Crippen molar-refractivity contribution in [1.29, 1.82) is 0 Å². The molecule has 0 spiro atoms. The Morgan fingerprint density at radius 3 is 2.81 bits per heavy atom. The quantitative estimate of drug-likeness (QED) is 0.782. The van der Waals surface area contributed by atoms with Crippen LogP contribution in [0.1, 0.15) is 4.88 Å². The minimum atomic E-state index is -0.468. The largest absolute Gasteiger partial charge is 0.488 e. The number of rotatable bonds is 3. The number of hydrogen-bond donors (Lipinski definition) is 0. The second-order valence-electron chi connectivity index (χ2n) is 3.06. The van der Waals surface area contributed by atoms with Crippen LogP contribution >= 0.6 is 38.9 Å². The molecule has 1 heterocycles. The summed E-state index contributed by atoms with van der Waals surface area (Å²) < 4.78 is 19.6. The third-order valence-corrected chi connectivity index (χ3v) is 4.16. The molecule has 0 aliphatic rings. The van der Waals surface area contributed by atoms with E-state index in [1.54, 1.807) is 17.4 Å². The molecule has 5 heteroatoms. The maximum atomic E-state index is 13.1. The molecule has 0 radical (unpaired) electrons. The first kappa shape index (κ1) is 11.9. The van der Waals surface area contributed by atoms with Gasteiger partial charge in [0.05, 0.1) is 9.90 Å². The van der Waals surface area contributed by atoms with E-state index < -0.39 is 5.82 Å². The van der Waals surface area contributed by atoms with E-state index in [0.29, 0.717) is 12.4 Å². The van der Waals surface area contributed by atoms with Gasteiger partial charge in [-0.1, -0.05) is 11.6 Å². The van der Waals surface area contributed by atoms with Crippen LogP contribution in [0.3, 0.4) is 0 Å². The highest BCUT2D eigenvalue weighted by Crippen LogP contribution is 2.25. The van der Waals surface area contributed by atoms with Gasteiger partial charge >= 0.3 is 0 Å². The van der Waals surface area contributed by atoms with Crippen molar-refractivity contribution in [3.8, 4) is 5.75 Å². The average molecular weight is 322 g/mol. The highest BCUT2D eigenvalue weighted by atomic mass is 79.9. The molecule has 0 N–H and O–H groups in total. The monoisotopic (exact) mass is 320 g/mol. The van der Waals surface area contributed by atoms with E-state index in [9.17, 15) is 4.39 Å². The van der Waals surface area contributed by atoms with Crippen LogP contribution in [-0.2, 0) is 6.61 Å². The maximum Gasteiger partial charge on any atom is 0.145 e. The van der Waals surface area contributed by atoms with E-state index in [2.05, 4.69) is 15.9 Å². The normalized spacial score (nSPS) is 10.4. The first-order chi connectivity index (χ1) is 7.66. The van der Waals surface area contributed by atoms with Gasteiger partial charge in [-0.15, -0.1) is 11.3 Å². The van der Waals surface area contributed by atoms with Crippen molar-refractivity contribution in [3.63, 3.8) is 0 Å². The fraction of sp³-hybridized carbons (Fsp3) is 0.0909. The van der Waals surface area contributed by atoms with Crippen LogP contribution in [0.25, 0.3) is 0 Å². The molecule has 16 heavy (non-hydrogen) atoms. The lowest BCUT2D eigenvalue weighted by Gasteiger charge is -2.05. The number of halogens is 3. The van der Waals surface area contributed by atoms with Crippen LogP contribution in [0.15, 0.2) is 34.1 Å². The molecule has 0 saturated carbocycles. The van der Waals surface area contributed by atoms with E-state index in [4.69, 9.17) is 16.3 Å². The summed E-state index contributed by atoms with van der Waals surface area (Å²) in [4.78, 5) is 1.07. The fourth-order valence-corrected chi connectivity index (χ4v) is 2.64. The molecule has 84 valence electrons. The SMILES string of the molecule is Fc1cc(OCc2sccc2Br)ccc1Cl. The van der Waals surface area contributed by atoms with Crippen molar-refractivity contribution in [2.45, 2.75) is 6.61 Å². The van der Waals surface area contributed by atoms with E-state index in [1.807, 2.05) is 11.4 Å². The molecule has 0 unspecified atom stereocenters. The van der Waals surface area contributed by atoms with Gasteiger partial charge < -0.3 is 4.74 Å². The Balaban J connectivity index is 2.05. The Morgan fingerprint density at radius 1 is 1.38 bits per heavy atom. The van der Waals surface area contributed by atoms with Crippen molar-refractivity contribution in [2.24, 2.45) is 0 Å². The van der Waals surface area contributed by atoms with Crippen molar-refractivity contribution in [1.82, 2.24) is 0 Å². The number of benzene rings is 1. The Kier molecular flexibility index (Phi) is 3.84. The van der Waals surface area contributed by atoms with Gasteiger partial charge in [-0.25, -0.2) is 4.39 Å². The minimum absolute atomic E-state index is 0.102. The third kappa shape index (κ3) is 2.75. The predicted molar refractivity (Wildman–Crippen MR) is 67.8 cm³/mol. The lowest BCUT2D eigenvalue weighted by molar-refractivity contribution is 0.307. The molecule has 0 amide bonds. The van der Waals surface area contributed by atoms with Crippen LogP contribution in [-0.4, -0.2) is 0 Å². The van der Waals surface area contributed by atoms with E-state index >= 15 is 0 Å². The van der Waals surface area contributed by atoms with E-state index in [0.717, 1.165) is 9.35 Å². The Morgan fingerprint density at radius 2 is 2.19 bits per heavy atom. The van der Waals surface area contributed by atoms with Gasteiger partial charge in [0.2, 0.25) is 0 Å². The van der Waals surface area contributed by atoms with Crippen molar-refractivity contribution >= 4 is 38.9 Å². The zero-order valence-corrected chi connectivity index (χ0v) is 11.2. The van der Waals surface area contributed by atoms with Crippen molar-refractivity contribution in [3.05, 3.63) is 49.8 Å². The lowest BCUT2D eigenvalue weighted by Crippen LogP contribution is -1.94. The maximum absolute atomic E-state index is 13.1. The summed E-state index contributed by atoms with van der Waals surface area (Å²) in [7, 11) is 0. The first-order valence-corrected chi connectivity index (χ1v) is 6.51. The van der Waals surface area contributed by atoms with Crippen LogP contribution in [0.2, 0.25) is 5.02 Å². The van der Waals surface area contributed by atoms with Gasteiger partial charge in [-0.05, 0) is 39.5 Å². The molecule has 0 atom stereocenters. The summed E-state index contributed by atoms with van der Waals surface area (Å²) in [6.07, 6.45) is 0.